The van der Waals surface area contributed by atoms with Crippen LogP contribution in [0.1, 0.15) is 119 Å². The second-order valence-electron chi connectivity index (χ2n) is 13.7. The molecule has 0 aromatic carbocycles. The van der Waals surface area contributed by atoms with E-state index in [2.05, 4.69) is 65.8 Å². The Labute approximate surface area is 222 Å². The number of ether oxygens (including phenoxy) is 2. The van der Waals surface area contributed by atoms with Crippen LogP contribution in [0.5, 0.6) is 0 Å². The Morgan fingerprint density at radius 3 is 2.69 bits per heavy atom. The third-order valence-corrected chi connectivity index (χ3v) is 11.8. The van der Waals surface area contributed by atoms with Gasteiger partial charge < -0.3 is 9.47 Å². The molecule has 0 aromatic rings. The highest BCUT2D eigenvalue weighted by Gasteiger charge is 2.58. The molecule has 1 aliphatic heterocycles. The molecule has 5 aliphatic rings. The van der Waals surface area contributed by atoms with Gasteiger partial charge in [0.25, 0.3) is 0 Å². The zero-order valence-electron chi connectivity index (χ0n) is 24.2. The molecule has 3 saturated carbocycles. The molecule has 1 heterocycles. The molecule has 0 saturated heterocycles. The number of fused-ring (bicyclic) bond motifs is 5. The summed E-state index contributed by atoms with van der Waals surface area (Å²) in [4.78, 5) is 0. The van der Waals surface area contributed by atoms with Gasteiger partial charge in [-0.15, -0.1) is 0 Å². The smallest absolute Gasteiger partial charge is 0.177 e. The fourth-order valence-corrected chi connectivity index (χ4v) is 9.63. The van der Waals surface area contributed by atoms with E-state index in [-0.39, 0.29) is 6.29 Å². The van der Waals surface area contributed by atoms with Gasteiger partial charge in [0.1, 0.15) is 0 Å². The fraction of sp³-hybridized carbons (Fsp3) is 0.824. The largest absolute Gasteiger partial charge is 0.345 e. The molecule has 0 amide bonds. The Balaban J connectivity index is 1.26. The molecule has 4 aliphatic carbocycles. The SMILES string of the molecule is CCCC/C=C(\C)[C@H]1CCC2C3CC=C4C[C@@H](OC5C=C[C@H](C)[C@@H](CC)O5)CC[C@]4(C)C3CC[C@@]21C. The van der Waals surface area contributed by atoms with Crippen LogP contribution >= 0.6 is 0 Å². The second-order valence-corrected chi connectivity index (χ2v) is 13.7. The molecule has 0 N–H and O–H groups in total. The molecule has 202 valence electrons. The highest BCUT2D eigenvalue weighted by molar-refractivity contribution is 5.26. The third kappa shape index (κ3) is 4.72. The van der Waals surface area contributed by atoms with Gasteiger partial charge in [-0.25, -0.2) is 0 Å². The number of allylic oxidation sites excluding steroid dienone is 3. The van der Waals surface area contributed by atoms with E-state index in [1.807, 2.05) is 0 Å². The van der Waals surface area contributed by atoms with Crippen LogP contribution in [-0.2, 0) is 9.47 Å². The Morgan fingerprint density at radius 2 is 1.92 bits per heavy atom. The van der Waals surface area contributed by atoms with Crippen LogP contribution in [0.4, 0.5) is 0 Å². The fourth-order valence-electron chi connectivity index (χ4n) is 9.63. The van der Waals surface area contributed by atoms with Gasteiger partial charge in [0.2, 0.25) is 0 Å². The summed E-state index contributed by atoms with van der Waals surface area (Å²) in [6, 6.07) is 0. The minimum Gasteiger partial charge on any atom is -0.345 e. The van der Waals surface area contributed by atoms with E-state index in [1.54, 1.807) is 11.1 Å². The van der Waals surface area contributed by atoms with Crippen LogP contribution in [0, 0.1) is 40.4 Å². The maximum Gasteiger partial charge on any atom is 0.177 e. The van der Waals surface area contributed by atoms with Crippen LogP contribution in [-0.4, -0.2) is 18.5 Å². The molecule has 0 spiro atoms. The topological polar surface area (TPSA) is 18.5 Å². The quantitative estimate of drug-likeness (QED) is 0.259. The lowest BCUT2D eigenvalue weighted by Crippen LogP contribution is -2.50. The van der Waals surface area contributed by atoms with E-state index in [0.29, 0.717) is 29.0 Å². The van der Waals surface area contributed by atoms with Gasteiger partial charge in [-0.3, -0.25) is 0 Å². The van der Waals surface area contributed by atoms with Crippen LogP contribution in [0.2, 0.25) is 0 Å². The summed E-state index contributed by atoms with van der Waals surface area (Å²) in [5.74, 6) is 3.98. The Hall–Kier alpha value is -0.860. The summed E-state index contributed by atoms with van der Waals surface area (Å²) in [5.41, 5.74) is 4.33. The Bertz CT molecular complexity index is 868. The van der Waals surface area contributed by atoms with Crippen molar-refractivity contribution in [1.29, 1.82) is 0 Å². The number of unbranched alkanes of at least 4 members (excludes halogenated alkanes) is 2. The van der Waals surface area contributed by atoms with E-state index >= 15 is 0 Å². The monoisotopic (exact) mass is 494 g/mol. The summed E-state index contributed by atoms with van der Waals surface area (Å²) in [6.45, 7) is 14.5. The van der Waals surface area contributed by atoms with Crippen molar-refractivity contribution in [2.24, 2.45) is 40.4 Å². The number of hydrogen-bond acceptors (Lipinski definition) is 2. The van der Waals surface area contributed by atoms with Gasteiger partial charge >= 0.3 is 0 Å². The van der Waals surface area contributed by atoms with E-state index in [9.17, 15) is 0 Å². The summed E-state index contributed by atoms with van der Waals surface area (Å²) >= 11 is 0. The van der Waals surface area contributed by atoms with Crippen LogP contribution in [0.25, 0.3) is 0 Å². The first-order chi connectivity index (χ1) is 17.3. The lowest BCUT2D eigenvalue weighted by Gasteiger charge is -2.58. The van der Waals surface area contributed by atoms with Crippen molar-refractivity contribution in [2.45, 2.75) is 137 Å². The zero-order valence-corrected chi connectivity index (χ0v) is 24.2. The average molecular weight is 495 g/mol. The van der Waals surface area contributed by atoms with Gasteiger partial charge in [0, 0.05) is 5.92 Å². The molecular weight excluding hydrogens is 440 g/mol. The number of hydrogen-bond donors (Lipinski definition) is 0. The number of rotatable bonds is 7. The van der Waals surface area contributed by atoms with Crippen LogP contribution < -0.4 is 0 Å². The summed E-state index contributed by atoms with van der Waals surface area (Å²) in [7, 11) is 0. The summed E-state index contributed by atoms with van der Waals surface area (Å²) in [5, 5.41) is 0. The van der Waals surface area contributed by atoms with Crippen molar-refractivity contribution >= 4 is 0 Å². The maximum atomic E-state index is 6.55. The van der Waals surface area contributed by atoms with Gasteiger partial charge in [-0.05, 0) is 112 Å². The molecule has 2 nitrogen and oxygen atoms in total. The van der Waals surface area contributed by atoms with Crippen molar-refractivity contribution in [3.05, 3.63) is 35.5 Å². The highest BCUT2D eigenvalue weighted by atomic mass is 16.7. The van der Waals surface area contributed by atoms with Crippen molar-refractivity contribution < 1.29 is 9.47 Å². The van der Waals surface area contributed by atoms with Crippen molar-refractivity contribution in [3.8, 4) is 0 Å². The van der Waals surface area contributed by atoms with Gasteiger partial charge in [0.05, 0.1) is 12.2 Å². The Morgan fingerprint density at radius 1 is 1.08 bits per heavy atom. The lowest BCUT2D eigenvalue weighted by atomic mass is 9.47. The van der Waals surface area contributed by atoms with Crippen LogP contribution in [0.15, 0.2) is 35.5 Å². The molecule has 2 heteroatoms. The van der Waals surface area contributed by atoms with E-state index in [0.717, 1.165) is 36.5 Å². The van der Waals surface area contributed by atoms with Crippen LogP contribution in [0.3, 0.4) is 0 Å². The molecule has 0 bridgehead atoms. The van der Waals surface area contributed by atoms with Gasteiger partial charge in [-0.1, -0.05) is 76.8 Å². The lowest BCUT2D eigenvalue weighted by molar-refractivity contribution is -0.188. The first-order valence-electron chi connectivity index (χ1n) is 15.7. The second kappa shape index (κ2) is 10.7. The predicted molar refractivity (Wildman–Crippen MR) is 151 cm³/mol. The van der Waals surface area contributed by atoms with E-state index in [1.165, 1.54) is 64.2 Å². The molecule has 5 rings (SSSR count). The Kier molecular flexibility index (Phi) is 7.96. The molecule has 0 aromatic heterocycles. The normalized spacial score (nSPS) is 46.6. The minimum atomic E-state index is -0.156. The van der Waals surface area contributed by atoms with Gasteiger partial charge in [0.15, 0.2) is 6.29 Å². The molecule has 4 unspecified atom stereocenters. The van der Waals surface area contributed by atoms with E-state index in [4.69, 9.17) is 9.47 Å². The molecule has 36 heavy (non-hydrogen) atoms. The molecule has 3 fully saturated rings. The maximum absolute atomic E-state index is 6.55. The first-order valence-corrected chi connectivity index (χ1v) is 15.7. The van der Waals surface area contributed by atoms with Gasteiger partial charge in [-0.2, -0.15) is 0 Å². The third-order valence-electron chi connectivity index (χ3n) is 11.8. The zero-order chi connectivity index (χ0) is 25.5. The molecule has 10 atom stereocenters. The van der Waals surface area contributed by atoms with Crippen molar-refractivity contribution in [3.63, 3.8) is 0 Å². The van der Waals surface area contributed by atoms with Crippen molar-refractivity contribution in [2.75, 3.05) is 0 Å². The van der Waals surface area contributed by atoms with Crippen molar-refractivity contribution in [1.82, 2.24) is 0 Å². The minimum absolute atomic E-state index is 0.156. The highest BCUT2D eigenvalue weighted by Crippen LogP contribution is 2.67. The molecular formula is C34H54O2. The standard InChI is InChI=1S/C34H54O2/c1-7-9-10-11-23(3)28-15-16-29-27-14-13-25-22-26(35-32-17-12-24(4)31(8-2)36-32)18-20-33(25,5)30(27)19-21-34(28,29)6/h11-13,17,24,26-32H,7-10,14-16,18-22H2,1-6H3/b23-11+/t24-,26-,27?,28+,29?,30?,31+,32?,33-,34+/m0/s1. The molecule has 0 radical (unpaired) electrons. The summed E-state index contributed by atoms with van der Waals surface area (Å²) in [6.07, 6.45) is 25.8. The predicted octanol–water partition coefficient (Wildman–Crippen LogP) is 9.41. The average Bonchev–Trinajstić information content (AvgIpc) is 3.23. The van der Waals surface area contributed by atoms with E-state index < -0.39 is 0 Å². The summed E-state index contributed by atoms with van der Waals surface area (Å²) < 4.78 is 12.8. The first kappa shape index (κ1) is 26.7.